The number of nitrogens with zero attached hydrogens (tertiary/aromatic N) is 5. The number of carbonyl (C=O) groups excluding carboxylic acids is 1. The van der Waals surface area contributed by atoms with Crippen LogP contribution in [0.1, 0.15) is 25.7 Å². The summed E-state index contributed by atoms with van der Waals surface area (Å²) < 4.78 is 25.7. The predicted molar refractivity (Wildman–Crippen MR) is 158 cm³/mol. The highest BCUT2D eigenvalue weighted by Gasteiger charge is 2.25. The lowest BCUT2D eigenvalue weighted by atomic mass is 9.94. The van der Waals surface area contributed by atoms with Gasteiger partial charge in [-0.3, -0.25) is 14.8 Å². The van der Waals surface area contributed by atoms with Crippen LogP contribution in [0.25, 0.3) is 10.9 Å². The predicted octanol–water partition coefficient (Wildman–Crippen LogP) is 3.12. The largest absolute Gasteiger partial charge is 0.493 e. The van der Waals surface area contributed by atoms with Crippen LogP contribution in [0, 0.1) is 11.7 Å². The summed E-state index contributed by atoms with van der Waals surface area (Å²) >= 11 is 0. The molecular weight excluding hydrogens is 541 g/mol. The average molecular weight is 580 g/mol. The lowest BCUT2D eigenvalue weighted by molar-refractivity contribution is -0.118. The van der Waals surface area contributed by atoms with Gasteiger partial charge in [0.15, 0.2) is 11.5 Å². The molecule has 224 valence electrons. The molecule has 4 N–H and O–H groups in total. The Morgan fingerprint density at radius 1 is 1.19 bits per heavy atom. The van der Waals surface area contributed by atoms with Crippen LogP contribution in [0.15, 0.2) is 54.6 Å². The van der Waals surface area contributed by atoms with Gasteiger partial charge in [0.2, 0.25) is 5.91 Å². The SMILES string of the molecule is COc1cc2c(NC3=CN(CC(N)=O)N(c4cccc(F)c4)C3)ncnc2cc1OCCCN1CCC(CCO)CC1. The number of hydrazine groups is 1. The number of ether oxygens (including phenoxy) is 2. The van der Waals surface area contributed by atoms with Gasteiger partial charge < -0.3 is 30.5 Å². The van der Waals surface area contributed by atoms with Crippen molar-refractivity contribution in [2.45, 2.75) is 25.7 Å². The molecule has 2 aliphatic heterocycles. The smallest absolute Gasteiger partial charge is 0.239 e. The number of primary amides is 1. The Hall–Kier alpha value is -4.16. The molecule has 0 radical (unpaired) electrons. The van der Waals surface area contributed by atoms with E-state index in [9.17, 15) is 9.18 Å². The van der Waals surface area contributed by atoms with E-state index in [0.29, 0.717) is 47.6 Å². The summed E-state index contributed by atoms with van der Waals surface area (Å²) in [5.74, 6) is 1.49. The Morgan fingerprint density at radius 2 is 2.02 bits per heavy atom. The molecule has 42 heavy (non-hydrogen) atoms. The van der Waals surface area contributed by atoms with Crippen molar-refractivity contribution >= 4 is 28.3 Å². The summed E-state index contributed by atoms with van der Waals surface area (Å²) in [7, 11) is 1.60. The fourth-order valence-electron chi connectivity index (χ4n) is 5.52. The highest BCUT2D eigenvalue weighted by molar-refractivity contribution is 5.92. The molecule has 1 aromatic heterocycles. The minimum absolute atomic E-state index is 0.0667. The number of aliphatic hydroxyl groups excluding tert-OH is 1. The molecule has 0 spiro atoms. The maximum atomic E-state index is 13.9. The summed E-state index contributed by atoms with van der Waals surface area (Å²) in [6.07, 6.45) is 7.30. The zero-order chi connectivity index (χ0) is 29.5. The van der Waals surface area contributed by atoms with Gasteiger partial charge in [-0.1, -0.05) is 6.07 Å². The normalized spacial score (nSPS) is 16.1. The molecule has 11 nitrogen and oxygen atoms in total. The number of piperidine rings is 1. The lowest BCUT2D eigenvalue weighted by Crippen LogP contribution is -2.41. The van der Waals surface area contributed by atoms with E-state index in [4.69, 9.17) is 20.3 Å². The van der Waals surface area contributed by atoms with Crippen molar-refractivity contribution in [3.63, 3.8) is 0 Å². The van der Waals surface area contributed by atoms with Crippen molar-refractivity contribution in [3.8, 4) is 11.5 Å². The first-order chi connectivity index (χ1) is 20.4. The second-order valence-electron chi connectivity index (χ2n) is 10.6. The Labute approximate surface area is 244 Å². The van der Waals surface area contributed by atoms with Crippen molar-refractivity contribution in [2.24, 2.45) is 11.7 Å². The van der Waals surface area contributed by atoms with Gasteiger partial charge in [0.25, 0.3) is 0 Å². The standard InChI is InChI=1S/C30H38FN7O4/c1-41-27-15-25-26(16-28(27)42-13-3-9-36-10-6-21(7-11-36)8-12-39)33-20-34-30(25)35-23-17-37(19-29(32)40)38(18-23)24-5-2-4-22(31)14-24/h2,4-5,14-17,20-21,39H,3,6-13,18-19H2,1H3,(H2,32,40)(H,33,34,35). The first-order valence-electron chi connectivity index (χ1n) is 14.3. The van der Waals surface area contributed by atoms with Crippen LogP contribution in [0.3, 0.4) is 0 Å². The molecule has 3 heterocycles. The molecular formula is C30H38FN7O4. The first-order valence-corrected chi connectivity index (χ1v) is 14.3. The van der Waals surface area contributed by atoms with Crippen LogP contribution in [-0.2, 0) is 4.79 Å². The van der Waals surface area contributed by atoms with Crippen molar-refractivity contribution < 1.29 is 23.8 Å². The molecule has 0 aliphatic carbocycles. The summed E-state index contributed by atoms with van der Waals surface area (Å²) in [6, 6.07) is 9.85. The number of benzene rings is 2. The van der Waals surface area contributed by atoms with E-state index in [1.165, 1.54) is 18.5 Å². The van der Waals surface area contributed by atoms with Gasteiger partial charge in [-0.25, -0.2) is 14.4 Å². The van der Waals surface area contributed by atoms with Gasteiger partial charge in [-0.2, -0.15) is 0 Å². The second-order valence-corrected chi connectivity index (χ2v) is 10.6. The van der Waals surface area contributed by atoms with Gasteiger partial charge in [0, 0.05) is 30.8 Å². The number of methoxy groups -OCH3 is 1. The first kappa shape index (κ1) is 29.3. The van der Waals surface area contributed by atoms with Crippen LogP contribution in [-0.4, -0.2) is 83.9 Å². The number of rotatable bonds is 13. The lowest BCUT2D eigenvalue weighted by Gasteiger charge is -2.31. The van der Waals surface area contributed by atoms with Gasteiger partial charge in [-0.15, -0.1) is 0 Å². The molecule has 3 aromatic rings. The third kappa shape index (κ3) is 7.18. The number of likely N-dealkylation sites (tertiary alicyclic amines) is 1. The van der Waals surface area contributed by atoms with Crippen LogP contribution in [0.2, 0.25) is 0 Å². The number of fused-ring (bicyclic) bond motifs is 1. The number of nitrogens with one attached hydrogen (secondary N) is 1. The monoisotopic (exact) mass is 579 g/mol. The molecule has 0 saturated carbocycles. The third-order valence-electron chi connectivity index (χ3n) is 7.68. The summed E-state index contributed by atoms with van der Waals surface area (Å²) in [4.78, 5) is 23.1. The van der Waals surface area contributed by atoms with E-state index in [0.717, 1.165) is 56.4 Å². The fraction of sp³-hybridized carbons (Fsp3) is 0.433. The highest BCUT2D eigenvalue weighted by atomic mass is 19.1. The molecule has 0 unspecified atom stereocenters. The number of nitrogens with two attached hydrogens (primary N) is 1. The topological polar surface area (TPSA) is 129 Å². The average Bonchev–Trinajstić information content (AvgIpc) is 3.37. The van der Waals surface area contributed by atoms with Crippen LogP contribution in [0.4, 0.5) is 15.9 Å². The van der Waals surface area contributed by atoms with E-state index in [2.05, 4.69) is 20.2 Å². The Morgan fingerprint density at radius 3 is 2.76 bits per heavy atom. The number of halogens is 1. The summed E-state index contributed by atoms with van der Waals surface area (Å²) in [6.45, 7) is 4.19. The van der Waals surface area contributed by atoms with Crippen molar-refractivity contribution in [2.75, 3.05) is 63.4 Å². The van der Waals surface area contributed by atoms with E-state index in [-0.39, 0.29) is 19.0 Å². The van der Waals surface area contributed by atoms with E-state index in [1.54, 1.807) is 35.5 Å². The highest BCUT2D eigenvalue weighted by Crippen LogP contribution is 2.35. The molecule has 2 aliphatic rings. The number of aliphatic hydroxyl groups is 1. The zero-order valence-electron chi connectivity index (χ0n) is 23.8. The van der Waals surface area contributed by atoms with Gasteiger partial charge in [-0.05, 0) is 69.0 Å². The number of anilines is 2. The number of aromatic nitrogens is 2. The molecule has 0 atom stereocenters. The van der Waals surface area contributed by atoms with Crippen LogP contribution >= 0.6 is 0 Å². The Kier molecular flexibility index (Phi) is 9.55. The summed E-state index contributed by atoms with van der Waals surface area (Å²) in [5.41, 5.74) is 7.48. The number of hydrogen-bond acceptors (Lipinski definition) is 10. The van der Waals surface area contributed by atoms with Crippen molar-refractivity contribution in [1.82, 2.24) is 19.9 Å². The third-order valence-corrected chi connectivity index (χ3v) is 7.68. The molecule has 5 rings (SSSR count). The van der Waals surface area contributed by atoms with Gasteiger partial charge in [0.05, 0.1) is 37.2 Å². The molecule has 0 bridgehead atoms. The molecule has 12 heteroatoms. The minimum atomic E-state index is -0.513. The van der Waals surface area contributed by atoms with Crippen molar-refractivity contribution in [1.29, 1.82) is 0 Å². The van der Waals surface area contributed by atoms with Crippen molar-refractivity contribution in [3.05, 3.63) is 60.4 Å². The summed E-state index contributed by atoms with van der Waals surface area (Å²) in [5, 5.41) is 16.6. The maximum Gasteiger partial charge on any atom is 0.239 e. The number of carbonyl (C=O) groups is 1. The number of hydrogen-bond donors (Lipinski definition) is 3. The van der Waals surface area contributed by atoms with Gasteiger partial charge in [0.1, 0.15) is 24.5 Å². The zero-order valence-corrected chi connectivity index (χ0v) is 23.8. The minimum Gasteiger partial charge on any atom is -0.493 e. The van der Waals surface area contributed by atoms with Crippen LogP contribution in [0.5, 0.6) is 11.5 Å². The van der Waals surface area contributed by atoms with E-state index < -0.39 is 5.91 Å². The number of amides is 1. The fourth-order valence-corrected chi connectivity index (χ4v) is 5.52. The molecule has 1 saturated heterocycles. The second kappa shape index (κ2) is 13.7. The van der Waals surface area contributed by atoms with E-state index in [1.807, 2.05) is 12.1 Å². The quantitative estimate of drug-likeness (QED) is 0.260. The van der Waals surface area contributed by atoms with E-state index >= 15 is 0 Å². The maximum absolute atomic E-state index is 13.9. The Balaban J connectivity index is 1.25. The Bertz CT molecular complexity index is 1410. The molecule has 1 amide bonds. The van der Waals surface area contributed by atoms with Crippen LogP contribution < -0.4 is 25.5 Å². The van der Waals surface area contributed by atoms with Gasteiger partial charge >= 0.3 is 0 Å². The molecule has 2 aromatic carbocycles. The molecule has 1 fully saturated rings.